The van der Waals surface area contributed by atoms with Crippen LogP contribution in [0.5, 0.6) is 0 Å². The summed E-state index contributed by atoms with van der Waals surface area (Å²) in [5.74, 6) is -1.05. The van der Waals surface area contributed by atoms with Gasteiger partial charge < -0.3 is 25.2 Å². The van der Waals surface area contributed by atoms with Gasteiger partial charge in [0.15, 0.2) is 5.82 Å². The average Bonchev–Trinajstić information content (AvgIpc) is 3.40. The Hall–Kier alpha value is -4.12. The first kappa shape index (κ1) is 30.3. The maximum atomic E-state index is 14.7. The lowest BCUT2D eigenvalue weighted by molar-refractivity contribution is -0.123. The molecule has 2 atom stereocenters. The summed E-state index contributed by atoms with van der Waals surface area (Å²) in [6, 6.07) is 11.6. The molecule has 12 heteroatoms. The summed E-state index contributed by atoms with van der Waals surface area (Å²) in [6.07, 6.45) is 5.29. The first-order valence-corrected chi connectivity index (χ1v) is 14.9. The van der Waals surface area contributed by atoms with Crippen molar-refractivity contribution >= 4 is 35.2 Å². The fourth-order valence-corrected chi connectivity index (χ4v) is 5.95. The zero-order valence-corrected chi connectivity index (χ0v) is 25.1. The Morgan fingerprint density at radius 1 is 1.12 bits per heavy atom. The third kappa shape index (κ3) is 6.61. The highest BCUT2D eigenvalue weighted by Crippen LogP contribution is 2.29. The number of carbonyl (C=O) groups is 3. The van der Waals surface area contributed by atoms with E-state index < -0.39 is 18.0 Å². The highest BCUT2D eigenvalue weighted by atomic mass is 35.5. The van der Waals surface area contributed by atoms with Gasteiger partial charge in [-0.25, -0.2) is 13.9 Å². The number of ether oxygens (including phenoxy) is 1. The molecule has 43 heavy (non-hydrogen) atoms. The van der Waals surface area contributed by atoms with Gasteiger partial charge in [-0.3, -0.25) is 9.59 Å². The van der Waals surface area contributed by atoms with E-state index in [0.717, 1.165) is 43.4 Å². The fraction of sp³-hybridized carbons (Fsp3) is 0.419. The van der Waals surface area contributed by atoms with Gasteiger partial charge in [-0.05, 0) is 49.6 Å². The monoisotopic (exact) mass is 610 g/mol. The van der Waals surface area contributed by atoms with Crippen molar-refractivity contribution in [2.75, 3.05) is 38.2 Å². The molecule has 2 aromatic carbocycles. The molecule has 0 spiro atoms. The standard InChI is InChI=1S/C31H36ClFN6O4/c1-20-23(18-35-39(20)26-13-8-11-24(32)28(26)33)29(40)36-25-12-5-3-4-6-14-34-30(41)27-19-37(31(42)43-2)15-16-38(27)22-10-7-9-21(25)17-22/h7-11,13,17-18,25,27H,3-6,12,14-16,19H2,1-2H3,(H,34,41)(H,36,40)/t25-,27+/m0/s1. The maximum absolute atomic E-state index is 14.7. The number of methoxy groups -OCH3 is 1. The summed E-state index contributed by atoms with van der Waals surface area (Å²) in [5, 5.41) is 10.5. The van der Waals surface area contributed by atoms with Gasteiger partial charge in [-0.1, -0.05) is 49.1 Å². The molecule has 1 saturated heterocycles. The van der Waals surface area contributed by atoms with Crippen molar-refractivity contribution in [3.05, 3.63) is 76.3 Å². The molecule has 0 unspecified atom stereocenters. The number of benzene rings is 2. The normalized spacial score (nSPS) is 19.6. The molecule has 0 radical (unpaired) electrons. The van der Waals surface area contributed by atoms with E-state index in [1.54, 1.807) is 24.0 Å². The molecule has 10 nitrogen and oxygen atoms in total. The number of carbonyl (C=O) groups excluding carboxylic acids is 3. The molecule has 2 N–H and O–H groups in total. The number of amides is 3. The van der Waals surface area contributed by atoms with Crippen LogP contribution in [0.2, 0.25) is 5.02 Å². The van der Waals surface area contributed by atoms with Crippen LogP contribution >= 0.6 is 11.6 Å². The van der Waals surface area contributed by atoms with Crippen molar-refractivity contribution in [3.63, 3.8) is 0 Å². The second-order valence-corrected chi connectivity index (χ2v) is 11.3. The minimum atomic E-state index is -0.607. The lowest BCUT2D eigenvalue weighted by atomic mass is 9.97. The van der Waals surface area contributed by atoms with Crippen LogP contribution in [0.15, 0.2) is 48.7 Å². The Bertz CT molecular complexity index is 1500. The first-order chi connectivity index (χ1) is 20.8. The summed E-state index contributed by atoms with van der Waals surface area (Å²) in [7, 11) is 1.34. The molecule has 3 heterocycles. The summed E-state index contributed by atoms with van der Waals surface area (Å²) < 4.78 is 21.0. The quantitative estimate of drug-likeness (QED) is 0.442. The lowest BCUT2D eigenvalue weighted by Gasteiger charge is -2.41. The summed E-state index contributed by atoms with van der Waals surface area (Å²) in [4.78, 5) is 42.7. The minimum Gasteiger partial charge on any atom is -0.453 e. The third-order valence-corrected chi connectivity index (χ3v) is 8.45. The van der Waals surface area contributed by atoms with Gasteiger partial charge in [-0.15, -0.1) is 0 Å². The zero-order chi connectivity index (χ0) is 30.5. The molecule has 2 aliphatic rings. The van der Waals surface area contributed by atoms with Crippen LogP contribution in [0, 0.1) is 12.7 Å². The topological polar surface area (TPSA) is 109 Å². The van der Waals surface area contributed by atoms with Gasteiger partial charge in [0.05, 0.1) is 42.2 Å². The number of halogens is 2. The number of piperazine rings is 1. The van der Waals surface area contributed by atoms with E-state index in [2.05, 4.69) is 15.7 Å². The second-order valence-electron chi connectivity index (χ2n) is 10.9. The Morgan fingerprint density at radius 2 is 1.91 bits per heavy atom. The molecule has 1 fully saturated rings. The number of aromatic nitrogens is 2. The smallest absolute Gasteiger partial charge is 0.409 e. The summed E-state index contributed by atoms with van der Waals surface area (Å²) in [6.45, 7) is 3.34. The van der Waals surface area contributed by atoms with Crippen LogP contribution in [-0.2, 0) is 9.53 Å². The molecule has 3 aromatic rings. The minimum absolute atomic E-state index is 0.0237. The Labute approximate surface area is 255 Å². The molecule has 0 aliphatic carbocycles. The van der Waals surface area contributed by atoms with Gasteiger partial charge >= 0.3 is 6.09 Å². The van der Waals surface area contributed by atoms with Crippen molar-refractivity contribution < 1.29 is 23.5 Å². The largest absolute Gasteiger partial charge is 0.453 e. The number of fused-ring (bicyclic) bond motifs is 4. The van der Waals surface area contributed by atoms with Crippen molar-refractivity contribution in [1.82, 2.24) is 25.3 Å². The van der Waals surface area contributed by atoms with E-state index in [1.807, 2.05) is 29.2 Å². The van der Waals surface area contributed by atoms with E-state index >= 15 is 0 Å². The highest BCUT2D eigenvalue weighted by Gasteiger charge is 2.35. The highest BCUT2D eigenvalue weighted by molar-refractivity contribution is 6.30. The number of hydrogen-bond acceptors (Lipinski definition) is 6. The third-order valence-electron chi connectivity index (χ3n) is 8.16. The van der Waals surface area contributed by atoms with Crippen molar-refractivity contribution in [1.29, 1.82) is 0 Å². The Kier molecular flexibility index (Phi) is 9.49. The van der Waals surface area contributed by atoms with Crippen LogP contribution in [0.4, 0.5) is 14.9 Å². The summed E-state index contributed by atoms with van der Waals surface area (Å²) >= 11 is 5.98. The number of hydrogen-bond donors (Lipinski definition) is 2. The molecule has 2 aliphatic heterocycles. The second kappa shape index (κ2) is 13.5. The average molecular weight is 611 g/mol. The van der Waals surface area contributed by atoms with Crippen LogP contribution in [0.3, 0.4) is 0 Å². The van der Waals surface area contributed by atoms with Gasteiger partial charge in [0.1, 0.15) is 11.7 Å². The van der Waals surface area contributed by atoms with Crippen LogP contribution < -0.4 is 15.5 Å². The number of nitrogens with one attached hydrogen (secondary N) is 2. The number of nitrogens with zero attached hydrogens (tertiary/aromatic N) is 4. The molecular weight excluding hydrogens is 575 g/mol. The van der Waals surface area contributed by atoms with Gasteiger partial charge in [0, 0.05) is 25.3 Å². The number of rotatable bonds is 3. The summed E-state index contributed by atoms with van der Waals surface area (Å²) in [5.41, 5.74) is 2.74. The van der Waals surface area contributed by atoms with Gasteiger partial charge in [-0.2, -0.15) is 5.10 Å². The van der Waals surface area contributed by atoms with Crippen LogP contribution in [0.1, 0.15) is 59.8 Å². The lowest BCUT2D eigenvalue weighted by Crippen LogP contribution is -2.60. The van der Waals surface area contributed by atoms with Crippen molar-refractivity contribution in [2.45, 2.75) is 51.1 Å². The number of anilines is 1. The van der Waals surface area contributed by atoms with Crippen molar-refractivity contribution in [3.8, 4) is 5.69 Å². The fourth-order valence-electron chi connectivity index (χ4n) is 5.78. The predicted octanol–water partition coefficient (Wildman–Crippen LogP) is 4.78. The van der Waals surface area contributed by atoms with E-state index in [9.17, 15) is 18.8 Å². The Morgan fingerprint density at radius 3 is 2.72 bits per heavy atom. The van der Waals surface area contributed by atoms with Crippen LogP contribution in [-0.4, -0.2) is 71.9 Å². The molecule has 2 bridgehead atoms. The Balaban J connectivity index is 1.42. The van der Waals surface area contributed by atoms with E-state index in [0.29, 0.717) is 30.9 Å². The molecule has 1 aromatic heterocycles. The molecule has 3 amide bonds. The zero-order valence-electron chi connectivity index (χ0n) is 24.3. The molecular formula is C31H36ClFN6O4. The van der Waals surface area contributed by atoms with E-state index in [4.69, 9.17) is 16.3 Å². The van der Waals surface area contributed by atoms with Gasteiger partial charge in [0.25, 0.3) is 5.91 Å². The predicted molar refractivity (Wildman–Crippen MR) is 161 cm³/mol. The molecule has 228 valence electrons. The van der Waals surface area contributed by atoms with E-state index in [1.165, 1.54) is 24.1 Å². The molecule has 0 saturated carbocycles. The molecule has 5 rings (SSSR count). The maximum Gasteiger partial charge on any atom is 0.409 e. The SMILES string of the molecule is COC(=O)N1CCN2c3cccc(c3)[C@@H](NC(=O)c3cnn(-c4cccc(Cl)c4F)c3C)CCCCCCNC(=O)[C@H]2C1. The first-order valence-electron chi connectivity index (χ1n) is 14.6. The van der Waals surface area contributed by atoms with Crippen molar-refractivity contribution in [2.24, 2.45) is 0 Å². The van der Waals surface area contributed by atoms with Gasteiger partial charge in [0.2, 0.25) is 5.91 Å². The van der Waals surface area contributed by atoms with Crippen LogP contribution in [0.25, 0.3) is 5.69 Å². The van der Waals surface area contributed by atoms with E-state index in [-0.39, 0.29) is 35.1 Å².